The third-order valence-corrected chi connectivity index (χ3v) is 8.90. The molecule has 1 atom stereocenters. The highest BCUT2D eigenvalue weighted by Gasteiger charge is 2.47. The standard InChI is InChI=1S/C29H29Cl2N7O4/c1-36-4-3-29(11-36)12-38(13-29)22-9-21(20(31)10-33-22)35-23(39)8-16-6-17(24-25(16)34-14-37(2)28(24)42)15-5-18(27(32)41)26(40)19(30)7-15/h5-7,9-10,14,16,40H,3-4,8,11-13H2,1-2H3,(H2,32,41)(H,33,35,39). The number of amides is 2. The second-order valence-electron chi connectivity index (χ2n) is 11.4. The Balaban J connectivity index is 1.25. The summed E-state index contributed by atoms with van der Waals surface area (Å²) in [6, 6.07) is 4.60. The largest absolute Gasteiger partial charge is 0.506 e. The van der Waals surface area contributed by atoms with Gasteiger partial charge in [-0.05, 0) is 43.3 Å². The number of likely N-dealkylation sites (tertiary alicyclic amines) is 1. The molecular weight excluding hydrogens is 581 g/mol. The number of anilines is 2. The van der Waals surface area contributed by atoms with Crippen molar-refractivity contribution >= 4 is 52.1 Å². The topological polar surface area (TPSA) is 147 Å². The van der Waals surface area contributed by atoms with E-state index in [9.17, 15) is 19.5 Å². The van der Waals surface area contributed by atoms with E-state index in [2.05, 4.69) is 32.1 Å². The van der Waals surface area contributed by atoms with Crippen molar-refractivity contribution in [2.45, 2.75) is 18.8 Å². The molecule has 4 heterocycles. The number of hydrogen-bond donors (Lipinski definition) is 3. The Morgan fingerprint density at radius 1 is 1.14 bits per heavy atom. The van der Waals surface area contributed by atoms with Crippen LogP contribution in [0.4, 0.5) is 11.5 Å². The van der Waals surface area contributed by atoms with E-state index in [1.165, 1.54) is 29.2 Å². The maximum absolute atomic E-state index is 13.3. The number of aromatic hydroxyl groups is 1. The second kappa shape index (κ2) is 10.4. The summed E-state index contributed by atoms with van der Waals surface area (Å²) in [6.45, 7) is 3.98. The van der Waals surface area contributed by atoms with E-state index < -0.39 is 17.6 Å². The number of primary amides is 1. The summed E-state index contributed by atoms with van der Waals surface area (Å²) in [5.41, 5.74) is 7.19. The van der Waals surface area contributed by atoms with Crippen LogP contribution in [0.25, 0.3) is 5.57 Å². The van der Waals surface area contributed by atoms with Crippen molar-refractivity contribution in [3.05, 3.63) is 79.6 Å². The molecule has 2 aromatic heterocycles. The van der Waals surface area contributed by atoms with Gasteiger partial charge in [-0.25, -0.2) is 9.97 Å². The van der Waals surface area contributed by atoms with E-state index in [0.29, 0.717) is 33.0 Å². The average molecular weight is 611 g/mol. The van der Waals surface area contributed by atoms with Crippen LogP contribution >= 0.6 is 23.2 Å². The predicted molar refractivity (Wildman–Crippen MR) is 160 cm³/mol. The number of fused-ring (bicyclic) bond motifs is 1. The van der Waals surface area contributed by atoms with Crippen LogP contribution in [0.3, 0.4) is 0 Å². The van der Waals surface area contributed by atoms with Gasteiger partial charge in [-0.3, -0.25) is 14.4 Å². The van der Waals surface area contributed by atoms with Gasteiger partial charge in [0.2, 0.25) is 5.91 Å². The molecule has 2 amide bonds. The maximum atomic E-state index is 13.3. The Hall–Kier alpha value is -3.93. The molecule has 1 aliphatic carbocycles. The number of carbonyl (C=O) groups is 2. The third kappa shape index (κ3) is 4.91. The molecule has 0 bridgehead atoms. The fourth-order valence-electron chi connectivity index (χ4n) is 6.23. The van der Waals surface area contributed by atoms with Crippen LogP contribution in [-0.4, -0.2) is 69.6 Å². The van der Waals surface area contributed by atoms with Crippen molar-refractivity contribution in [3.63, 3.8) is 0 Å². The number of rotatable bonds is 6. The molecule has 3 aromatic rings. The fraction of sp³-hybridized carbons (Fsp3) is 0.345. The summed E-state index contributed by atoms with van der Waals surface area (Å²) in [7, 11) is 3.71. The normalized spacial score (nSPS) is 19.0. The molecule has 4 N–H and O–H groups in total. The smallest absolute Gasteiger partial charge is 0.261 e. The summed E-state index contributed by atoms with van der Waals surface area (Å²) in [4.78, 5) is 51.9. The molecule has 11 nitrogen and oxygen atoms in total. The Morgan fingerprint density at radius 3 is 2.60 bits per heavy atom. The molecule has 42 heavy (non-hydrogen) atoms. The number of aromatic nitrogens is 3. The number of nitrogens with zero attached hydrogens (tertiary/aromatic N) is 5. The van der Waals surface area contributed by atoms with Gasteiger partial charge in [0, 0.05) is 50.5 Å². The molecular formula is C29H29Cl2N7O4. The summed E-state index contributed by atoms with van der Waals surface area (Å²) in [5, 5.41) is 13.3. The average Bonchev–Trinajstić information content (AvgIpc) is 3.49. The first-order valence-corrected chi connectivity index (χ1v) is 14.2. The van der Waals surface area contributed by atoms with Crippen LogP contribution in [0.2, 0.25) is 10.0 Å². The molecule has 6 rings (SSSR count). The summed E-state index contributed by atoms with van der Waals surface area (Å²) in [6.07, 6.45) is 5.81. The Bertz CT molecular complexity index is 1730. The van der Waals surface area contributed by atoms with Gasteiger partial charge in [0.1, 0.15) is 11.6 Å². The lowest BCUT2D eigenvalue weighted by Crippen LogP contribution is -2.57. The zero-order chi connectivity index (χ0) is 29.9. The minimum atomic E-state index is -0.873. The third-order valence-electron chi connectivity index (χ3n) is 8.31. The monoisotopic (exact) mass is 609 g/mol. The van der Waals surface area contributed by atoms with Crippen molar-refractivity contribution in [1.29, 1.82) is 0 Å². The number of pyridine rings is 1. The molecule has 2 aliphatic heterocycles. The molecule has 2 fully saturated rings. The Kier molecular flexibility index (Phi) is 6.99. The molecule has 218 valence electrons. The Labute approximate surface area is 251 Å². The van der Waals surface area contributed by atoms with Gasteiger partial charge in [-0.1, -0.05) is 29.3 Å². The number of nitrogens with two attached hydrogens (primary N) is 1. The second-order valence-corrected chi connectivity index (χ2v) is 12.3. The maximum Gasteiger partial charge on any atom is 0.261 e. The van der Waals surface area contributed by atoms with Gasteiger partial charge in [0.15, 0.2) is 0 Å². The van der Waals surface area contributed by atoms with E-state index in [1.54, 1.807) is 19.2 Å². The number of hydrogen-bond acceptors (Lipinski definition) is 8. The van der Waals surface area contributed by atoms with Crippen molar-refractivity contribution in [2.24, 2.45) is 18.2 Å². The highest BCUT2D eigenvalue weighted by Crippen LogP contribution is 2.43. The first kappa shape index (κ1) is 28.2. The van der Waals surface area contributed by atoms with Crippen LogP contribution in [0.1, 0.15) is 45.9 Å². The molecule has 1 aromatic carbocycles. The predicted octanol–water partition coefficient (Wildman–Crippen LogP) is 2.99. The lowest BCUT2D eigenvalue weighted by molar-refractivity contribution is -0.116. The van der Waals surface area contributed by atoms with Crippen molar-refractivity contribution in [1.82, 2.24) is 19.4 Å². The minimum Gasteiger partial charge on any atom is -0.506 e. The first-order chi connectivity index (χ1) is 19.9. The van der Waals surface area contributed by atoms with Gasteiger partial charge in [-0.15, -0.1) is 0 Å². The molecule has 0 radical (unpaired) electrons. The lowest BCUT2D eigenvalue weighted by atomic mass is 9.79. The summed E-state index contributed by atoms with van der Waals surface area (Å²) in [5.74, 6) is -1.45. The zero-order valence-corrected chi connectivity index (χ0v) is 24.5. The van der Waals surface area contributed by atoms with E-state index >= 15 is 0 Å². The molecule has 2 saturated heterocycles. The van der Waals surface area contributed by atoms with E-state index in [0.717, 1.165) is 38.4 Å². The highest BCUT2D eigenvalue weighted by molar-refractivity contribution is 6.33. The summed E-state index contributed by atoms with van der Waals surface area (Å²) >= 11 is 12.6. The summed E-state index contributed by atoms with van der Waals surface area (Å²) < 4.78 is 1.33. The van der Waals surface area contributed by atoms with Gasteiger partial charge < -0.3 is 30.5 Å². The lowest BCUT2D eigenvalue weighted by Gasteiger charge is -2.48. The van der Waals surface area contributed by atoms with Crippen LogP contribution in [-0.2, 0) is 11.8 Å². The van der Waals surface area contributed by atoms with E-state index in [-0.39, 0.29) is 34.0 Å². The van der Waals surface area contributed by atoms with Gasteiger partial charge >= 0.3 is 0 Å². The van der Waals surface area contributed by atoms with E-state index in [4.69, 9.17) is 28.9 Å². The number of halogens is 2. The number of phenols is 1. The molecule has 1 unspecified atom stereocenters. The van der Waals surface area contributed by atoms with Gasteiger partial charge in [0.05, 0.1) is 45.1 Å². The molecule has 0 saturated carbocycles. The molecule has 1 spiro atoms. The minimum absolute atomic E-state index is 0.0295. The number of nitrogens with one attached hydrogen (secondary N) is 1. The highest BCUT2D eigenvalue weighted by atomic mass is 35.5. The Morgan fingerprint density at radius 2 is 1.90 bits per heavy atom. The number of aryl methyl sites for hydroxylation is 1. The van der Waals surface area contributed by atoms with Crippen LogP contribution < -0.4 is 21.5 Å². The van der Waals surface area contributed by atoms with Crippen molar-refractivity contribution in [3.8, 4) is 5.75 Å². The van der Waals surface area contributed by atoms with Crippen LogP contribution in [0, 0.1) is 5.41 Å². The number of carbonyl (C=O) groups excluding carboxylic acids is 2. The quantitative estimate of drug-likeness (QED) is 0.386. The van der Waals surface area contributed by atoms with E-state index in [1.807, 2.05) is 0 Å². The van der Waals surface area contributed by atoms with Crippen LogP contribution in [0.5, 0.6) is 5.75 Å². The zero-order valence-electron chi connectivity index (χ0n) is 23.0. The SMILES string of the molecule is CN1CCC2(C1)CN(c1cc(NC(=O)CC3C=C(c4cc(Cl)c(O)c(C(N)=O)c4)c4c3ncn(C)c4=O)c(Cl)cn1)C2. The molecule has 13 heteroatoms. The van der Waals surface area contributed by atoms with Crippen molar-refractivity contribution < 1.29 is 14.7 Å². The van der Waals surface area contributed by atoms with Gasteiger partial charge in [0.25, 0.3) is 11.5 Å². The first-order valence-electron chi connectivity index (χ1n) is 13.4. The number of allylic oxidation sites excluding steroid dienone is 1. The fourth-order valence-corrected chi connectivity index (χ4v) is 6.60. The number of benzene rings is 1. The van der Waals surface area contributed by atoms with Crippen molar-refractivity contribution in [2.75, 3.05) is 43.4 Å². The molecule has 3 aliphatic rings. The van der Waals surface area contributed by atoms with Gasteiger partial charge in [-0.2, -0.15) is 0 Å². The van der Waals surface area contributed by atoms with Crippen LogP contribution in [0.15, 0.2) is 41.6 Å².